The molecule has 0 heterocycles. The predicted molar refractivity (Wildman–Crippen MR) is 84.3 cm³/mol. The molecule has 0 aromatic heterocycles. The lowest BCUT2D eigenvalue weighted by molar-refractivity contribution is 0.0952. The number of benzene rings is 1. The number of rotatable bonds is 3. The zero-order chi connectivity index (χ0) is 15.4. The summed E-state index contributed by atoms with van der Waals surface area (Å²) in [5.74, 6) is -0.0914. The second-order valence-electron chi connectivity index (χ2n) is 5.39. The maximum Gasteiger partial charge on any atom is 0.275 e. The van der Waals surface area contributed by atoms with E-state index in [1.165, 1.54) is 6.07 Å². The summed E-state index contributed by atoms with van der Waals surface area (Å²) in [6.07, 6.45) is 3.86. The van der Waals surface area contributed by atoms with Crippen LogP contribution in [0.25, 0.3) is 0 Å². The van der Waals surface area contributed by atoms with Crippen molar-refractivity contribution in [3.05, 3.63) is 53.6 Å². The van der Waals surface area contributed by atoms with Crippen molar-refractivity contribution in [2.75, 3.05) is 0 Å². The van der Waals surface area contributed by atoms with Crippen LogP contribution in [0.5, 0.6) is 5.75 Å². The van der Waals surface area contributed by atoms with Crippen LogP contribution in [0.4, 0.5) is 0 Å². The number of phenolic OH excluding ortho intramolecular Hbond substituents is 1. The van der Waals surface area contributed by atoms with Crippen molar-refractivity contribution >= 4 is 11.6 Å². The van der Waals surface area contributed by atoms with Crippen molar-refractivity contribution in [3.8, 4) is 5.75 Å². The largest absolute Gasteiger partial charge is 0.507 e. The van der Waals surface area contributed by atoms with Crippen LogP contribution in [0.15, 0.2) is 53.2 Å². The van der Waals surface area contributed by atoms with E-state index in [9.17, 15) is 9.90 Å². The van der Waals surface area contributed by atoms with Gasteiger partial charge in [-0.25, -0.2) is 5.43 Å². The molecule has 1 aliphatic carbocycles. The molecule has 4 heteroatoms. The van der Waals surface area contributed by atoms with Gasteiger partial charge in [-0.1, -0.05) is 30.4 Å². The number of para-hydroxylation sites is 1. The zero-order valence-electron chi connectivity index (χ0n) is 12.4. The number of amides is 1. The topological polar surface area (TPSA) is 61.7 Å². The average Bonchev–Trinajstić information content (AvgIpc) is 2.46. The van der Waals surface area contributed by atoms with Gasteiger partial charge in [-0.05, 0) is 50.3 Å². The van der Waals surface area contributed by atoms with Gasteiger partial charge in [0, 0.05) is 0 Å². The number of carbonyl (C=O) groups is 1. The Morgan fingerprint density at radius 1 is 1.43 bits per heavy atom. The van der Waals surface area contributed by atoms with E-state index in [1.54, 1.807) is 18.2 Å². The SMILES string of the molecule is C=C(C)[C@@H]1CC=C(C)/C(=N\NC(=O)c2ccccc2O)C1. The zero-order valence-corrected chi connectivity index (χ0v) is 12.4. The van der Waals surface area contributed by atoms with Gasteiger partial charge < -0.3 is 5.11 Å². The van der Waals surface area contributed by atoms with E-state index in [-0.39, 0.29) is 11.3 Å². The Bertz CT molecular complexity index is 629. The Morgan fingerprint density at radius 3 is 2.81 bits per heavy atom. The molecular formula is C17H20N2O2. The second-order valence-corrected chi connectivity index (χ2v) is 5.39. The molecule has 1 aromatic carbocycles. The highest BCUT2D eigenvalue weighted by Gasteiger charge is 2.19. The third-order valence-corrected chi connectivity index (χ3v) is 3.74. The van der Waals surface area contributed by atoms with Gasteiger partial charge in [0.25, 0.3) is 5.91 Å². The first kappa shape index (κ1) is 15.0. The molecule has 2 N–H and O–H groups in total. The summed E-state index contributed by atoms with van der Waals surface area (Å²) in [7, 11) is 0. The Morgan fingerprint density at radius 2 is 2.14 bits per heavy atom. The molecule has 21 heavy (non-hydrogen) atoms. The van der Waals surface area contributed by atoms with Crippen LogP contribution in [0.1, 0.15) is 37.0 Å². The van der Waals surface area contributed by atoms with E-state index in [0.29, 0.717) is 5.92 Å². The van der Waals surface area contributed by atoms with E-state index in [2.05, 4.69) is 23.2 Å². The van der Waals surface area contributed by atoms with Gasteiger partial charge >= 0.3 is 0 Å². The Hall–Kier alpha value is -2.36. The van der Waals surface area contributed by atoms with Crippen LogP contribution < -0.4 is 5.43 Å². The lowest BCUT2D eigenvalue weighted by Gasteiger charge is -2.22. The summed E-state index contributed by atoms with van der Waals surface area (Å²) >= 11 is 0. The fraction of sp³-hybridized carbons (Fsp3) is 0.294. The van der Waals surface area contributed by atoms with Crippen LogP contribution in [0, 0.1) is 5.92 Å². The summed E-state index contributed by atoms with van der Waals surface area (Å²) in [6, 6.07) is 6.41. The van der Waals surface area contributed by atoms with Crippen LogP contribution >= 0.6 is 0 Å². The quantitative estimate of drug-likeness (QED) is 0.660. The van der Waals surface area contributed by atoms with Crippen molar-refractivity contribution in [3.63, 3.8) is 0 Å². The third kappa shape index (κ3) is 3.60. The third-order valence-electron chi connectivity index (χ3n) is 3.74. The van der Waals surface area contributed by atoms with Crippen LogP contribution in [0.3, 0.4) is 0 Å². The standard InChI is InChI=1S/C17H20N2O2/c1-11(2)13-9-8-12(3)15(10-13)18-19-17(21)14-6-4-5-7-16(14)20/h4-8,13,20H,1,9-10H2,2-3H3,(H,19,21)/b18-15-/t13-/m1/s1. The summed E-state index contributed by atoms with van der Waals surface area (Å²) in [6.45, 7) is 7.99. The molecule has 4 nitrogen and oxygen atoms in total. The molecule has 0 unspecified atom stereocenters. The Balaban J connectivity index is 2.12. The van der Waals surface area contributed by atoms with Crippen LogP contribution in [-0.2, 0) is 0 Å². The predicted octanol–water partition coefficient (Wildman–Crippen LogP) is 3.41. The first-order valence-corrected chi connectivity index (χ1v) is 6.96. The summed E-state index contributed by atoms with van der Waals surface area (Å²) in [4.78, 5) is 12.0. The van der Waals surface area contributed by atoms with E-state index in [1.807, 2.05) is 13.8 Å². The number of hydrogen-bond donors (Lipinski definition) is 2. The van der Waals surface area contributed by atoms with Gasteiger partial charge in [-0.3, -0.25) is 4.79 Å². The maximum absolute atomic E-state index is 12.0. The van der Waals surface area contributed by atoms with Crippen molar-refractivity contribution in [2.24, 2.45) is 11.0 Å². The van der Waals surface area contributed by atoms with Gasteiger partial charge in [0.05, 0.1) is 11.3 Å². The monoisotopic (exact) mass is 284 g/mol. The second kappa shape index (κ2) is 6.39. The molecule has 0 spiro atoms. The highest BCUT2D eigenvalue weighted by molar-refractivity contribution is 6.02. The van der Waals surface area contributed by atoms with Crippen LogP contribution in [-0.4, -0.2) is 16.7 Å². The maximum atomic E-state index is 12.0. The molecule has 1 aromatic rings. The van der Waals surface area contributed by atoms with Crippen molar-refractivity contribution < 1.29 is 9.90 Å². The molecule has 0 saturated heterocycles. The number of hydrogen-bond acceptors (Lipinski definition) is 3. The number of carbonyl (C=O) groups excluding carboxylic acids is 1. The van der Waals surface area contributed by atoms with E-state index in [4.69, 9.17) is 0 Å². The van der Waals surface area contributed by atoms with Gasteiger partial charge in [0.1, 0.15) is 5.75 Å². The van der Waals surface area contributed by atoms with E-state index in [0.717, 1.165) is 29.7 Å². The first-order valence-electron chi connectivity index (χ1n) is 6.96. The van der Waals surface area contributed by atoms with Crippen molar-refractivity contribution in [1.29, 1.82) is 0 Å². The summed E-state index contributed by atoms with van der Waals surface area (Å²) in [5.41, 5.74) is 5.79. The van der Waals surface area contributed by atoms with Crippen LogP contribution in [0.2, 0.25) is 0 Å². The van der Waals surface area contributed by atoms with Gasteiger partial charge in [-0.15, -0.1) is 0 Å². The molecule has 0 saturated carbocycles. The fourth-order valence-corrected chi connectivity index (χ4v) is 2.27. The highest BCUT2D eigenvalue weighted by Crippen LogP contribution is 2.26. The molecule has 0 fully saturated rings. The smallest absolute Gasteiger partial charge is 0.275 e. The minimum Gasteiger partial charge on any atom is -0.507 e. The average molecular weight is 284 g/mol. The molecule has 1 amide bonds. The van der Waals surface area contributed by atoms with Gasteiger partial charge in [0.2, 0.25) is 0 Å². The van der Waals surface area contributed by atoms with E-state index < -0.39 is 5.91 Å². The molecule has 2 rings (SSSR count). The number of nitrogens with zero attached hydrogens (tertiary/aromatic N) is 1. The number of phenols is 1. The lowest BCUT2D eigenvalue weighted by atomic mass is 9.85. The van der Waals surface area contributed by atoms with Crippen molar-refractivity contribution in [1.82, 2.24) is 5.43 Å². The number of aromatic hydroxyl groups is 1. The van der Waals surface area contributed by atoms with Gasteiger partial charge in [-0.2, -0.15) is 5.10 Å². The molecule has 1 aliphatic rings. The minimum absolute atomic E-state index is 0.0501. The molecule has 110 valence electrons. The highest BCUT2D eigenvalue weighted by atomic mass is 16.3. The molecular weight excluding hydrogens is 264 g/mol. The first-order chi connectivity index (χ1) is 9.99. The number of allylic oxidation sites excluding steroid dienone is 3. The molecule has 0 bridgehead atoms. The normalized spacial score (nSPS) is 20.0. The number of nitrogens with one attached hydrogen (secondary N) is 1. The lowest BCUT2D eigenvalue weighted by Crippen LogP contribution is -2.23. The Kier molecular flexibility index (Phi) is 4.58. The summed E-state index contributed by atoms with van der Waals surface area (Å²) < 4.78 is 0. The fourth-order valence-electron chi connectivity index (χ4n) is 2.27. The van der Waals surface area contributed by atoms with E-state index >= 15 is 0 Å². The van der Waals surface area contributed by atoms with Crippen molar-refractivity contribution in [2.45, 2.75) is 26.7 Å². The minimum atomic E-state index is -0.411. The molecule has 1 atom stereocenters. The number of hydrazone groups is 1. The molecule has 0 aliphatic heterocycles. The van der Waals surface area contributed by atoms with Gasteiger partial charge in [0.15, 0.2) is 0 Å². The Labute approximate surface area is 124 Å². The summed E-state index contributed by atoms with van der Waals surface area (Å²) in [5, 5.41) is 13.9. The molecule has 0 radical (unpaired) electrons.